The van der Waals surface area contributed by atoms with Crippen LogP contribution >= 0.6 is 0 Å². The van der Waals surface area contributed by atoms with Gasteiger partial charge in [-0.2, -0.15) is 0 Å². The van der Waals surface area contributed by atoms with Crippen LogP contribution in [0.15, 0.2) is 46.7 Å². The van der Waals surface area contributed by atoms with E-state index in [0.29, 0.717) is 46.1 Å². The summed E-state index contributed by atoms with van der Waals surface area (Å²) in [4.78, 5) is 25.7. The summed E-state index contributed by atoms with van der Waals surface area (Å²) in [6.07, 6.45) is 4.35. The molecule has 11 heteroatoms. The molecule has 0 saturated heterocycles. The minimum atomic E-state index is -3.63. The number of nitrogens with zero attached hydrogens (tertiary/aromatic N) is 4. The lowest BCUT2D eigenvalue weighted by atomic mass is 10.1. The van der Waals surface area contributed by atoms with Crippen LogP contribution in [0.4, 0.5) is 25.8 Å². The van der Waals surface area contributed by atoms with Gasteiger partial charge in [0.25, 0.3) is 5.92 Å². The largest absolute Gasteiger partial charge is 0.353 e. The summed E-state index contributed by atoms with van der Waals surface area (Å²) in [5.41, 5.74) is 4.37. The second-order valence-electron chi connectivity index (χ2n) is 9.17. The highest BCUT2D eigenvalue weighted by Crippen LogP contribution is 2.49. The van der Waals surface area contributed by atoms with Gasteiger partial charge in [-0.3, -0.25) is 14.8 Å². The van der Waals surface area contributed by atoms with E-state index < -0.39 is 33.9 Å². The van der Waals surface area contributed by atoms with Crippen LogP contribution in [0, 0.1) is 5.92 Å². The summed E-state index contributed by atoms with van der Waals surface area (Å²) in [7, 11) is -1.81. The Labute approximate surface area is 201 Å². The number of carbonyl (C=O) groups is 1. The lowest BCUT2D eigenvalue weighted by Crippen LogP contribution is -2.12. The number of anilines is 2. The average molecular weight is 500 g/mol. The van der Waals surface area contributed by atoms with E-state index >= 15 is 0 Å². The molecule has 0 radical (unpaired) electrons. The molecule has 1 aromatic carbocycles. The van der Waals surface area contributed by atoms with E-state index in [1.54, 1.807) is 41.4 Å². The summed E-state index contributed by atoms with van der Waals surface area (Å²) in [5.74, 6) is -4.75. The second-order valence-corrected chi connectivity index (χ2v) is 11.2. The van der Waals surface area contributed by atoms with Crippen LogP contribution in [0.3, 0.4) is 0 Å². The molecule has 2 aromatic heterocycles. The maximum atomic E-state index is 13.4. The number of hydrogen-bond acceptors (Lipinski definition) is 7. The van der Waals surface area contributed by atoms with E-state index in [2.05, 4.69) is 20.3 Å². The third-order valence-corrected chi connectivity index (χ3v) is 7.20. The van der Waals surface area contributed by atoms with Crippen LogP contribution in [0.1, 0.15) is 24.7 Å². The van der Waals surface area contributed by atoms with Gasteiger partial charge in [0.1, 0.15) is 11.5 Å². The van der Waals surface area contributed by atoms with Crippen molar-refractivity contribution in [2.24, 2.45) is 18.0 Å². The summed E-state index contributed by atoms with van der Waals surface area (Å²) >= 11 is 0. The van der Waals surface area contributed by atoms with Crippen LogP contribution in [-0.2, 0) is 34.5 Å². The molecule has 3 aromatic rings. The van der Waals surface area contributed by atoms with E-state index in [9.17, 15) is 22.0 Å². The van der Waals surface area contributed by atoms with E-state index in [0.717, 1.165) is 12.0 Å². The van der Waals surface area contributed by atoms with Gasteiger partial charge in [0.15, 0.2) is 9.84 Å². The Kier molecular flexibility index (Phi) is 5.35. The Morgan fingerprint density at radius 2 is 2.00 bits per heavy atom. The smallest absolute Gasteiger partial charge is 0.258 e. The number of Topliss-reactive ketones (excluding diaryl/α,β-unsaturated/α-hetero) is 1. The number of alkyl halides is 2. The number of benzene rings is 1. The van der Waals surface area contributed by atoms with Gasteiger partial charge < -0.3 is 9.88 Å². The molecular weight excluding hydrogens is 476 g/mol. The van der Waals surface area contributed by atoms with Crippen molar-refractivity contribution in [3.8, 4) is 11.3 Å². The van der Waals surface area contributed by atoms with Gasteiger partial charge in [0.2, 0.25) is 0 Å². The Morgan fingerprint density at radius 1 is 1.26 bits per heavy atom. The van der Waals surface area contributed by atoms with Crippen molar-refractivity contribution >= 4 is 38.4 Å². The normalized spacial score (nSPS) is 18.2. The molecule has 1 unspecified atom stereocenters. The third kappa shape index (κ3) is 4.60. The van der Waals surface area contributed by atoms with Crippen LogP contribution in [0.25, 0.3) is 11.3 Å². The monoisotopic (exact) mass is 499 g/mol. The van der Waals surface area contributed by atoms with Crippen LogP contribution in [0.5, 0.6) is 0 Å². The molecule has 0 bridgehead atoms. The number of rotatable bonds is 7. The van der Waals surface area contributed by atoms with Gasteiger partial charge in [-0.25, -0.2) is 22.2 Å². The SMILES string of the molecule is CC1=Nc2c(Nc3ccc(-c4cn(C)cn4)cc3S(C)(=O)=O)cc(CC(=O)C3CC3(F)F)nc2C1. The standard InChI is InChI=1S/C24H23F2N5O3S/c1-13-6-18-23(28-13)19(8-15(29-18)9-21(32)16-10-24(16,25)26)30-17-5-4-14(7-22(17)35(3,33)34)20-11-31(2)12-27-20/h4-5,7-8,11-12,16H,6,9-10H2,1-3H3,(H,29,30). The van der Waals surface area contributed by atoms with Gasteiger partial charge in [-0.05, 0) is 25.1 Å². The fourth-order valence-electron chi connectivity index (χ4n) is 4.22. The molecule has 8 nitrogen and oxygen atoms in total. The number of sulfone groups is 1. The first-order valence-corrected chi connectivity index (χ1v) is 12.9. The van der Waals surface area contributed by atoms with Gasteiger partial charge in [-0.1, -0.05) is 6.07 Å². The Bertz CT molecular complexity index is 1510. The zero-order chi connectivity index (χ0) is 25.1. The predicted octanol–water partition coefficient (Wildman–Crippen LogP) is 4.04. The molecule has 1 saturated carbocycles. The maximum Gasteiger partial charge on any atom is 0.258 e. The molecule has 0 amide bonds. The van der Waals surface area contributed by atoms with Crippen LogP contribution in [-0.4, -0.2) is 46.6 Å². The van der Waals surface area contributed by atoms with Crippen molar-refractivity contribution in [2.75, 3.05) is 11.6 Å². The Balaban J connectivity index is 1.52. The first-order valence-electron chi connectivity index (χ1n) is 11.0. The Hall–Kier alpha value is -3.47. The number of carbonyl (C=O) groups excluding carboxylic acids is 1. The van der Waals surface area contributed by atoms with Gasteiger partial charge >= 0.3 is 0 Å². The van der Waals surface area contributed by atoms with Crippen LogP contribution < -0.4 is 5.32 Å². The zero-order valence-corrected chi connectivity index (χ0v) is 20.2. The lowest BCUT2D eigenvalue weighted by Gasteiger charge is -2.15. The zero-order valence-electron chi connectivity index (χ0n) is 19.3. The van der Waals surface area contributed by atoms with E-state index in [4.69, 9.17) is 0 Å². The van der Waals surface area contributed by atoms with Crippen molar-refractivity contribution < 1.29 is 22.0 Å². The highest BCUT2D eigenvalue weighted by molar-refractivity contribution is 7.90. The number of aromatic nitrogens is 3. The topological polar surface area (TPSA) is 106 Å². The van der Waals surface area contributed by atoms with Gasteiger partial charge in [-0.15, -0.1) is 0 Å². The number of nitrogens with one attached hydrogen (secondary N) is 1. The number of aliphatic imine (C=N–C) groups is 1. The Morgan fingerprint density at radius 3 is 2.63 bits per heavy atom. The van der Waals surface area contributed by atoms with Crippen molar-refractivity contribution in [1.29, 1.82) is 0 Å². The van der Waals surface area contributed by atoms with Gasteiger partial charge in [0.05, 0.1) is 45.6 Å². The molecule has 3 heterocycles. The lowest BCUT2D eigenvalue weighted by molar-refractivity contribution is -0.121. The summed E-state index contributed by atoms with van der Waals surface area (Å²) in [5, 5.41) is 3.15. The number of imidazole rings is 1. The minimum Gasteiger partial charge on any atom is -0.353 e. The van der Waals surface area contributed by atoms with Crippen LogP contribution in [0.2, 0.25) is 0 Å². The average Bonchev–Trinajstić information content (AvgIpc) is 3.06. The summed E-state index contributed by atoms with van der Waals surface area (Å²) in [6, 6.07) is 6.54. The quantitative estimate of drug-likeness (QED) is 0.526. The molecule has 1 fully saturated rings. The van der Waals surface area contributed by atoms with E-state index in [1.165, 1.54) is 0 Å². The summed E-state index contributed by atoms with van der Waals surface area (Å²) in [6.45, 7) is 1.84. The molecule has 1 aliphatic carbocycles. The van der Waals surface area contributed by atoms with E-state index in [1.807, 2.05) is 14.0 Å². The molecular formula is C24H23F2N5O3S. The van der Waals surface area contributed by atoms with Gasteiger partial charge in [0, 0.05) is 50.0 Å². The number of fused-ring (bicyclic) bond motifs is 1. The fourth-order valence-corrected chi connectivity index (χ4v) is 5.08. The predicted molar refractivity (Wildman–Crippen MR) is 128 cm³/mol. The number of hydrogen-bond donors (Lipinski definition) is 1. The number of aryl methyl sites for hydroxylation is 1. The maximum absolute atomic E-state index is 13.4. The highest BCUT2D eigenvalue weighted by atomic mass is 32.2. The van der Waals surface area contributed by atoms with Crippen molar-refractivity contribution in [2.45, 2.75) is 37.0 Å². The molecule has 1 aliphatic heterocycles. The number of halogens is 2. The first kappa shape index (κ1) is 23.3. The molecule has 2 aliphatic rings. The molecule has 0 spiro atoms. The third-order valence-electron chi connectivity index (χ3n) is 6.06. The highest BCUT2D eigenvalue weighted by Gasteiger charge is 2.60. The fraction of sp³-hybridized carbons (Fsp3) is 0.333. The molecule has 1 N–H and O–H groups in total. The van der Waals surface area contributed by atoms with Crippen molar-refractivity contribution in [3.63, 3.8) is 0 Å². The second kappa shape index (κ2) is 8.04. The number of pyridine rings is 1. The molecule has 1 atom stereocenters. The van der Waals surface area contributed by atoms with E-state index in [-0.39, 0.29) is 11.3 Å². The summed E-state index contributed by atoms with van der Waals surface area (Å²) < 4.78 is 53.8. The molecule has 5 rings (SSSR count). The molecule has 35 heavy (non-hydrogen) atoms. The first-order chi connectivity index (χ1) is 16.4. The number of ketones is 1. The van der Waals surface area contributed by atoms with Crippen molar-refractivity contribution in [3.05, 3.63) is 48.2 Å². The molecule has 182 valence electrons. The minimum absolute atomic E-state index is 0.0696. The van der Waals surface area contributed by atoms with Crippen molar-refractivity contribution in [1.82, 2.24) is 14.5 Å².